The molecule has 0 spiro atoms. The summed E-state index contributed by atoms with van der Waals surface area (Å²) in [6, 6.07) is 5.53. The van der Waals surface area contributed by atoms with E-state index in [-0.39, 0.29) is 10.9 Å². The first-order valence-corrected chi connectivity index (χ1v) is 7.05. The molecule has 2 rings (SSSR count). The number of hydrogen-bond acceptors (Lipinski definition) is 3. The van der Waals surface area contributed by atoms with Gasteiger partial charge in [0.05, 0.1) is 0 Å². The highest BCUT2D eigenvalue weighted by Crippen LogP contribution is 2.13. The highest BCUT2D eigenvalue weighted by molar-refractivity contribution is 7.89. The van der Waals surface area contributed by atoms with Gasteiger partial charge in [0, 0.05) is 12.6 Å². The van der Waals surface area contributed by atoms with Crippen LogP contribution < -0.4 is 10.0 Å². The molecule has 0 aliphatic carbocycles. The maximum absolute atomic E-state index is 13.4. The first-order chi connectivity index (χ1) is 8.09. The van der Waals surface area contributed by atoms with Crippen molar-refractivity contribution in [3.63, 3.8) is 0 Å². The van der Waals surface area contributed by atoms with Gasteiger partial charge >= 0.3 is 0 Å². The summed E-state index contributed by atoms with van der Waals surface area (Å²) in [6.07, 6.45) is 1.99. The molecule has 0 aromatic heterocycles. The molecule has 1 aliphatic heterocycles. The van der Waals surface area contributed by atoms with Crippen molar-refractivity contribution in [2.24, 2.45) is 0 Å². The summed E-state index contributed by atoms with van der Waals surface area (Å²) in [5, 5.41) is 3.17. The van der Waals surface area contributed by atoms with Crippen molar-refractivity contribution >= 4 is 10.0 Å². The summed E-state index contributed by atoms with van der Waals surface area (Å²) in [4.78, 5) is -0.294. The lowest BCUT2D eigenvalue weighted by atomic mass is 10.2. The Kier molecular flexibility index (Phi) is 3.76. The molecule has 0 radical (unpaired) electrons. The van der Waals surface area contributed by atoms with E-state index in [1.165, 1.54) is 18.2 Å². The van der Waals surface area contributed by atoms with Crippen molar-refractivity contribution in [2.45, 2.75) is 23.8 Å². The smallest absolute Gasteiger partial charge is 0.243 e. The van der Waals surface area contributed by atoms with Crippen LogP contribution in [0.3, 0.4) is 0 Å². The quantitative estimate of drug-likeness (QED) is 0.842. The number of benzene rings is 1. The predicted octanol–water partition coefficient (Wildman–Crippen LogP) is 0.856. The summed E-state index contributed by atoms with van der Waals surface area (Å²) in [5.41, 5.74) is 0. The molecule has 1 aliphatic rings. The van der Waals surface area contributed by atoms with Gasteiger partial charge in [0.1, 0.15) is 10.7 Å². The number of hydrogen-bond donors (Lipinski definition) is 2. The summed E-state index contributed by atoms with van der Waals surface area (Å²) >= 11 is 0. The molecule has 0 unspecified atom stereocenters. The van der Waals surface area contributed by atoms with Gasteiger partial charge in [-0.05, 0) is 31.5 Å². The molecule has 0 bridgehead atoms. The summed E-state index contributed by atoms with van der Waals surface area (Å²) in [6.45, 7) is 1.21. The van der Waals surface area contributed by atoms with E-state index in [4.69, 9.17) is 0 Å². The molecular weight excluding hydrogens is 243 g/mol. The average molecular weight is 258 g/mol. The van der Waals surface area contributed by atoms with Crippen molar-refractivity contribution in [1.29, 1.82) is 0 Å². The highest BCUT2D eigenvalue weighted by Gasteiger charge is 2.21. The van der Waals surface area contributed by atoms with Crippen molar-refractivity contribution in [1.82, 2.24) is 10.0 Å². The molecule has 4 nitrogen and oxygen atoms in total. The molecule has 1 aromatic rings. The SMILES string of the molecule is O=S(=O)(NC[C@H]1CCCN1)c1ccccc1F. The monoisotopic (exact) mass is 258 g/mol. The normalized spacial score (nSPS) is 20.6. The van der Waals surface area contributed by atoms with Gasteiger partial charge in [0.2, 0.25) is 10.0 Å². The molecule has 2 N–H and O–H groups in total. The standard InChI is InChI=1S/C11H15FN2O2S/c12-10-5-1-2-6-11(10)17(15,16)14-8-9-4-3-7-13-9/h1-2,5-6,9,13-14H,3-4,7-8H2/t9-/m1/s1. The fourth-order valence-electron chi connectivity index (χ4n) is 1.88. The molecule has 6 heteroatoms. The molecule has 1 saturated heterocycles. The Balaban J connectivity index is 2.06. The van der Waals surface area contributed by atoms with E-state index in [0.717, 1.165) is 25.5 Å². The Bertz CT molecular complexity index is 484. The van der Waals surface area contributed by atoms with E-state index in [1.807, 2.05) is 0 Å². The first-order valence-electron chi connectivity index (χ1n) is 5.57. The summed E-state index contributed by atoms with van der Waals surface area (Å²) in [5.74, 6) is -0.723. The molecule has 1 atom stereocenters. The maximum Gasteiger partial charge on any atom is 0.243 e. The van der Waals surface area contributed by atoms with Crippen LogP contribution >= 0.6 is 0 Å². The minimum Gasteiger partial charge on any atom is -0.313 e. The molecule has 94 valence electrons. The Labute approximate surface area is 100 Å². The fourth-order valence-corrected chi connectivity index (χ4v) is 3.04. The van der Waals surface area contributed by atoms with E-state index in [9.17, 15) is 12.8 Å². The molecule has 17 heavy (non-hydrogen) atoms. The molecule has 1 fully saturated rings. The van der Waals surface area contributed by atoms with Crippen molar-refractivity contribution < 1.29 is 12.8 Å². The second-order valence-corrected chi connectivity index (χ2v) is 5.81. The minimum atomic E-state index is -3.74. The van der Waals surface area contributed by atoms with E-state index in [2.05, 4.69) is 10.0 Å². The average Bonchev–Trinajstić information content (AvgIpc) is 2.80. The third-order valence-corrected chi connectivity index (χ3v) is 4.27. The van der Waals surface area contributed by atoms with E-state index in [0.29, 0.717) is 6.54 Å². The van der Waals surface area contributed by atoms with E-state index < -0.39 is 15.8 Å². The van der Waals surface area contributed by atoms with Crippen LogP contribution in [0.15, 0.2) is 29.2 Å². The Hall–Kier alpha value is -0.980. The van der Waals surface area contributed by atoms with Gasteiger partial charge in [0.25, 0.3) is 0 Å². The van der Waals surface area contributed by atoms with Gasteiger partial charge in [-0.25, -0.2) is 17.5 Å². The molecule has 1 heterocycles. The lowest BCUT2D eigenvalue weighted by molar-refractivity contribution is 0.539. The van der Waals surface area contributed by atoms with Crippen LogP contribution in [0.2, 0.25) is 0 Å². The zero-order chi connectivity index (χ0) is 12.3. The van der Waals surface area contributed by atoms with Gasteiger partial charge in [-0.1, -0.05) is 12.1 Å². The van der Waals surface area contributed by atoms with Crippen LogP contribution in [0.1, 0.15) is 12.8 Å². The molecular formula is C11H15FN2O2S. The Morgan fingerprint density at radius 1 is 1.41 bits per heavy atom. The molecule has 0 saturated carbocycles. The fraction of sp³-hybridized carbons (Fsp3) is 0.455. The zero-order valence-corrected chi connectivity index (χ0v) is 10.1. The topological polar surface area (TPSA) is 58.2 Å². The molecule has 1 aromatic carbocycles. The minimum absolute atomic E-state index is 0.150. The van der Waals surface area contributed by atoms with Crippen LogP contribution in [0, 0.1) is 5.82 Å². The van der Waals surface area contributed by atoms with Gasteiger partial charge in [-0.3, -0.25) is 0 Å². The third-order valence-electron chi connectivity index (χ3n) is 2.81. The lowest BCUT2D eigenvalue weighted by Gasteiger charge is -2.12. The Morgan fingerprint density at radius 2 is 2.18 bits per heavy atom. The van der Waals surface area contributed by atoms with Gasteiger partial charge in [0.15, 0.2) is 0 Å². The summed E-state index contributed by atoms with van der Waals surface area (Å²) < 4.78 is 39.4. The van der Waals surface area contributed by atoms with Crippen LogP contribution in [-0.2, 0) is 10.0 Å². The molecule has 0 amide bonds. The van der Waals surface area contributed by atoms with Crippen LogP contribution in [0.25, 0.3) is 0 Å². The van der Waals surface area contributed by atoms with Gasteiger partial charge in [-0.2, -0.15) is 0 Å². The van der Waals surface area contributed by atoms with Crippen molar-refractivity contribution in [2.75, 3.05) is 13.1 Å². The first kappa shape index (κ1) is 12.5. The highest BCUT2D eigenvalue weighted by atomic mass is 32.2. The number of rotatable bonds is 4. The lowest BCUT2D eigenvalue weighted by Crippen LogP contribution is -2.37. The van der Waals surface area contributed by atoms with Crippen molar-refractivity contribution in [3.05, 3.63) is 30.1 Å². The second kappa shape index (κ2) is 5.12. The van der Waals surface area contributed by atoms with Gasteiger partial charge in [-0.15, -0.1) is 0 Å². The third kappa shape index (κ3) is 3.02. The number of sulfonamides is 1. The Morgan fingerprint density at radius 3 is 2.82 bits per heavy atom. The van der Waals surface area contributed by atoms with E-state index >= 15 is 0 Å². The second-order valence-electron chi connectivity index (χ2n) is 4.08. The predicted molar refractivity (Wildman–Crippen MR) is 62.6 cm³/mol. The van der Waals surface area contributed by atoms with E-state index in [1.54, 1.807) is 0 Å². The van der Waals surface area contributed by atoms with Gasteiger partial charge < -0.3 is 5.32 Å². The van der Waals surface area contributed by atoms with Crippen LogP contribution in [0.5, 0.6) is 0 Å². The maximum atomic E-state index is 13.4. The number of nitrogens with one attached hydrogen (secondary N) is 2. The number of halogens is 1. The van der Waals surface area contributed by atoms with Crippen LogP contribution in [0.4, 0.5) is 4.39 Å². The van der Waals surface area contributed by atoms with Crippen molar-refractivity contribution in [3.8, 4) is 0 Å². The largest absolute Gasteiger partial charge is 0.313 e. The zero-order valence-electron chi connectivity index (χ0n) is 9.32. The van der Waals surface area contributed by atoms with Crippen LogP contribution in [-0.4, -0.2) is 27.5 Å². The summed E-state index contributed by atoms with van der Waals surface area (Å²) in [7, 11) is -3.74.